The largest absolute Gasteiger partial charge is 0.396 e. The van der Waals surface area contributed by atoms with E-state index in [4.69, 9.17) is 0 Å². The monoisotopic (exact) mass is 253 g/mol. The molecule has 17 heavy (non-hydrogen) atoms. The zero-order valence-corrected chi connectivity index (χ0v) is 11.6. The van der Waals surface area contributed by atoms with Gasteiger partial charge in [0.25, 0.3) is 0 Å². The topological polar surface area (TPSA) is 32.3 Å². The van der Waals surface area contributed by atoms with E-state index in [1.165, 1.54) is 35.4 Å². The zero-order chi connectivity index (χ0) is 12.3. The van der Waals surface area contributed by atoms with Gasteiger partial charge in [-0.25, -0.2) is 0 Å². The highest BCUT2D eigenvalue weighted by Gasteiger charge is 2.33. The van der Waals surface area contributed by atoms with Crippen molar-refractivity contribution in [1.82, 2.24) is 5.32 Å². The molecule has 1 heterocycles. The van der Waals surface area contributed by atoms with Crippen molar-refractivity contribution in [3.05, 3.63) is 21.9 Å². The molecule has 0 aromatic carbocycles. The van der Waals surface area contributed by atoms with Crippen molar-refractivity contribution in [2.24, 2.45) is 5.41 Å². The van der Waals surface area contributed by atoms with Gasteiger partial charge in [0.15, 0.2) is 0 Å². The van der Waals surface area contributed by atoms with E-state index in [9.17, 15) is 5.11 Å². The number of rotatable bonds is 5. The maximum atomic E-state index is 9.57. The summed E-state index contributed by atoms with van der Waals surface area (Å²) in [6.07, 6.45) is 4.89. The number of aliphatic hydroxyl groups is 1. The van der Waals surface area contributed by atoms with Gasteiger partial charge in [0.2, 0.25) is 0 Å². The highest BCUT2D eigenvalue weighted by molar-refractivity contribution is 7.12. The first-order chi connectivity index (χ1) is 8.15. The molecule has 0 spiro atoms. The lowest BCUT2D eigenvalue weighted by Gasteiger charge is -2.28. The molecule has 1 aromatic heterocycles. The Bertz CT molecular complexity index is 355. The molecule has 0 radical (unpaired) electrons. The highest BCUT2D eigenvalue weighted by atomic mass is 32.1. The molecule has 0 amide bonds. The molecule has 0 saturated heterocycles. The molecule has 3 heteroatoms. The first kappa shape index (κ1) is 13.1. The van der Waals surface area contributed by atoms with Crippen molar-refractivity contribution in [2.75, 3.05) is 13.2 Å². The number of aryl methyl sites for hydroxylation is 1. The van der Waals surface area contributed by atoms with E-state index in [1.807, 2.05) is 11.3 Å². The van der Waals surface area contributed by atoms with Gasteiger partial charge in [-0.05, 0) is 38.8 Å². The van der Waals surface area contributed by atoms with Crippen LogP contribution < -0.4 is 5.32 Å². The molecule has 96 valence electrons. The summed E-state index contributed by atoms with van der Waals surface area (Å²) < 4.78 is 0. The maximum Gasteiger partial charge on any atom is 0.0499 e. The van der Waals surface area contributed by atoms with E-state index in [0.717, 1.165) is 6.54 Å². The van der Waals surface area contributed by atoms with Gasteiger partial charge in [-0.1, -0.05) is 12.8 Å². The lowest BCUT2D eigenvalue weighted by Crippen LogP contribution is -2.36. The van der Waals surface area contributed by atoms with Gasteiger partial charge >= 0.3 is 0 Å². The third-order valence-corrected chi connectivity index (χ3v) is 5.15. The third-order valence-electron chi connectivity index (χ3n) is 3.97. The summed E-state index contributed by atoms with van der Waals surface area (Å²) in [6, 6.07) is 4.78. The first-order valence-corrected chi connectivity index (χ1v) is 7.37. The molecule has 2 nitrogen and oxygen atoms in total. The molecular formula is C14H23NOS. The fraction of sp³-hybridized carbons (Fsp3) is 0.714. The maximum absolute atomic E-state index is 9.57. The van der Waals surface area contributed by atoms with Gasteiger partial charge in [0, 0.05) is 34.4 Å². The fourth-order valence-corrected chi connectivity index (χ4v) is 3.58. The Labute approximate surface area is 108 Å². The Hall–Kier alpha value is -0.380. The molecule has 1 aliphatic rings. The summed E-state index contributed by atoms with van der Waals surface area (Å²) in [6.45, 7) is 5.64. The van der Waals surface area contributed by atoms with E-state index >= 15 is 0 Å². The molecule has 1 aromatic rings. The lowest BCUT2D eigenvalue weighted by molar-refractivity contribution is 0.125. The van der Waals surface area contributed by atoms with E-state index in [-0.39, 0.29) is 5.41 Å². The SMILES string of the molecule is Cc1ccc(C(C)NCC2(CO)CCCC2)s1. The summed E-state index contributed by atoms with van der Waals surface area (Å²) in [5, 5.41) is 13.2. The van der Waals surface area contributed by atoms with Crippen LogP contribution in [0.1, 0.15) is 48.4 Å². The van der Waals surface area contributed by atoms with E-state index in [2.05, 4.69) is 31.3 Å². The van der Waals surface area contributed by atoms with Crippen LogP contribution in [0, 0.1) is 12.3 Å². The summed E-state index contributed by atoms with van der Waals surface area (Å²) in [5.74, 6) is 0. The molecule has 1 atom stereocenters. The van der Waals surface area contributed by atoms with Crippen molar-refractivity contribution in [1.29, 1.82) is 0 Å². The predicted octanol–water partition coefficient (Wildman–Crippen LogP) is 3.26. The van der Waals surface area contributed by atoms with Crippen LogP contribution in [0.3, 0.4) is 0 Å². The molecule has 0 bridgehead atoms. The zero-order valence-electron chi connectivity index (χ0n) is 10.8. The van der Waals surface area contributed by atoms with Gasteiger partial charge in [0.05, 0.1) is 0 Å². The van der Waals surface area contributed by atoms with Crippen molar-refractivity contribution < 1.29 is 5.11 Å². The average molecular weight is 253 g/mol. The number of hydrogen-bond acceptors (Lipinski definition) is 3. The van der Waals surface area contributed by atoms with E-state index < -0.39 is 0 Å². The molecule has 1 unspecified atom stereocenters. The van der Waals surface area contributed by atoms with Gasteiger partial charge in [0.1, 0.15) is 0 Å². The standard InChI is InChI=1S/C14H23NOS/c1-11-5-6-13(17-11)12(2)15-9-14(10-16)7-3-4-8-14/h5-6,12,15-16H,3-4,7-10H2,1-2H3. The van der Waals surface area contributed by atoms with Crippen LogP contribution in [0.25, 0.3) is 0 Å². The minimum Gasteiger partial charge on any atom is -0.396 e. The minimum absolute atomic E-state index is 0.153. The highest BCUT2D eigenvalue weighted by Crippen LogP contribution is 2.37. The Balaban J connectivity index is 1.89. The molecular weight excluding hydrogens is 230 g/mol. The fourth-order valence-electron chi connectivity index (χ4n) is 2.67. The molecule has 1 aliphatic carbocycles. The number of nitrogens with one attached hydrogen (secondary N) is 1. The lowest BCUT2D eigenvalue weighted by atomic mass is 9.87. The minimum atomic E-state index is 0.153. The van der Waals surface area contributed by atoms with Crippen molar-refractivity contribution in [2.45, 2.75) is 45.6 Å². The average Bonchev–Trinajstić information content (AvgIpc) is 2.95. The molecule has 2 N–H and O–H groups in total. The van der Waals surface area contributed by atoms with Crippen LogP contribution >= 0.6 is 11.3 Å². The third kappa shape index (κ3) is 3.09. The van der Waals surface area contributed by atoms with Crippen LogP contribution in [0.5, 0.6) is 0 Å². The second-order valence-electron chi connectivity index (χ2n) is 5.42. The van der Waals surface area contributed by atoms with E-state index in [0.29, 0.717) is 12.6 Å². The molecule has 1 saturated carbocycles. The summed E-state index contributed by atoms with van der Waals surface area (Å²) in [4.78, 5) is 2.76. The van der Waals surface area contributed by atoms with Crippen molar-refractivity contribution in [3.63, 3.8) is 0 Å². The van der Waals surface area contributed by atoms with Gasteiger partial charge in [-0.3, -0.25) is 0 Å². The summed E-state index contributed by atoms with van der Waals surface area (Å²) in [5.41, 5.74) is 0.153. The quantitative estimate of drug-likeness (QED) is 0.844. The molecule has 0 aliphatic heterocycles. The van der Waals surface area contributed by atoms with E-state index in [1.54, 1.807) is 0 Å². The van der Waals surface area contributed by atoms with Crippen LogP contribution in [-0.4, -0.2) is 18.3 Å². The summed E-state index contributed by atoms with van der Waals surface area (Å²) >= 11 is 1.86. The second kappa shape index (κ2) is 5.51. The Morgan fingerprint density at radius 2 is 2.12 bits per heavy atom. The number of hydrogen-bond donors (Lipinski definition) is 2. The second-order valence-corrected chi connectivity index (χ2v) is 6.74. The Kier molecular flexibility index (Phi) is 4.23. The number of thiophene rings is 1. The summed E-state index contributed by atoms with van der Waals surface area (Å²) in [7, 11) is 0. The van der Waals surface area contributed by atoms with Crippen LogP contribution in [0.4, 0.5) is 0 Å². The smallest absolute Gasteiger partial charge is 0.0499 e. The van der Waals surface area contributed by atoms with Gasteiger partial charge < -0.3 is 10.4 Å². The van der Waals surface area contributed by atoms with Crippen LogP contribution in [-0.2, 0) is 0 Å². The number of aliphatic hydroxyl groups excluding tert-OH is 1. The Morgan fingerprint density at radius 3 is 2.65 bits per heavy atom. The van der Waals surface area contributed by atoms with Gasteiger partial charge in [-0.2, -0.15) is 0 Å². The van der Waals surface area contributed by atoms with Crippen LogP contribution in [0.2, 0.25) is 0 Å². The molecule has 1 fully saturated rings. The van der Waals surface area contributed by atoms with Crippen molar-refractivity contribution in [3.8, 4) is 0 Å². The normalized spacial score (nSPS) is 20.6. The Morgan fingerprint density at radius 1 is 1.41 bits per heavy atom. The molecule has 2 rings (SSSR count). The first-order valence-electron chi connectivity index (χ1n) is 6.56. The van der Waals surface area contributed by atoms with Gasteiger partial charge in [-0.15, -0.1) is 11.3 Å². The van der Waals surface area contributed by atoms with Crippen LogP contribution in [0.15, 0.2) is 12.1 Å². The predicted molar refractivity (Wildman–Crippen MR) is 73.5 cm³/mol. The van der Waals surface area contributed by atoms with Crippen molar-refractivity contribution >= 4 is 11.3 Å².